The Hall–Kier alpha value is -3.28. The van der Waals surface area contributed by atoms with Crippen LogP contribution in [0.4, 0.5) is 0 Å². The Balaban J connectivity index is 1.79. The van der Waals surface area contributed by atoms with Crippen LogP contribution < -0.4 is 4.74 Å². The lowest BCUT2D eigenvalue weighted by Gasteiger charge is -2.15. The van der Waals surface area contributed by atoms with Crippen LogP contribution in [0.3, 0.4) is 0 Å². The lowest BCUT2D eigenvalue weighted by Crippen LogP contribution is -2.19. The molecule has 0 saturated carbocycles. The summed E-state index contributed by atoms with van der Waals surface area (Å²) in [7, 11) is 1.63. The number of aryl methyl sites for hydroxylation is 1. The summed E-state index contributed by atoms with van der Waals surface area (Å²) in [6.07, 6.45) is 0.389. The fourth-order valence-corrected chi connectivity index (χ4v) is 4.29. The highest BCUT2D eigenvalue weighted by molar-refractivity contribution is 6.42. The molecule has 180 valence electrons. The van der Waals surface area contributed by atoms with Crippen molar-refractivity contribution in [3.63, 3.8) is 0 Å². The van der Waals surface area contributed by atoms with Gasteiger partial charge in [0.25, 0.3) is 0 Å². The van der Waals surface area contributed by atoms with Crippen molar-refractivity contribution in [2.24, 2.45) is 0 Å². The van der Waals surface area contributed by atoms with E-state index in [-0.39, 0.29) is 5.97 Å². The van der Waals surface area contributed by atoms with Crippen LogP contribution in [0.1, 0.15) is 29.7 Å². The molecule has 7 heteroatoms. The number of hydrogen-bond acceptors (Lipinski definition) is 4. The first-order chi connectivity index (χ1) is 16.9. The lowest BCUT2D eigenvalue weighted by molar-refractivity contribution is -0.145. The van der Waals surface area contributed by atoms with Gasteiger partial charge in [-0.1, -0.05) is 59.1 Å². The highest BCUT2D eigenvalue weighted by atomic mass is 35.5. The molecular weight excluding hydrogens is 483 g/mol. The standard InChI is InChI=1S/C28H26Cl2N2O3/c1-4-35-28(33)24(19-7-5-6-18(2)14-19)16-21-17-27(20-8-13-25(29)26(30)15-20)32(31-21)22-9-11-23(34-3)12-10-22/h5-15,17,24H,4,16H2,1-3H3. The smallest absolute Gasteiger partial charge is 0.313 e. The first-order valence-corrected chi connectivity index (χ1v) is 12.1. The van der Waals surface area contributed by atoms with E-state index in [2.05, 4.69) is 0 Å². The predicted octanol–water partition coefficient (Wildman–Crippen LogP) is 7.05. The molecule has 0 aliphatic carbocycles. The molecule has 0 spiro atoms. The average molecular weight is 509 g/mol. The minimum atomic E-state index is -0.476. The van der Waals surface area contributed by atoms with Crippen molar-refractivity contribution in [1.82, 2.24) is 9.78 Å². The number of hydrogen-bond donors (Lipinski definition) is 0. The molecular formula is C28H26Cl2N2O3. The number of methoxy groups -OCH3 is 1. The number of carbonyl (C=O) groups is 1. The Morgan fingerprint density at radius 1 is 1.00 bits per heavy atom. The third-order valence-corrected chi connectivity index (χ3v) is 6.46. The van der Waals surface area contributed by atoms with Crippen LogP contribution in [-0.2, 0) is 16.0 Å². The van der Waals surface area contributed by atoms with E-state index < -0.39 is 5.92 Å². The number of esters is 1. The van der Waals surface area contributed by atoms with Gasteiger partial charge in [-0.05, 0) is 61.9 Å². The topological polar surface area (TPSA) is 53.4 Å². The van der Waals surface area contributed by atoms with Crippen molar-refractivity contribution >= 4 is 29.2 Å². The van der Waals surface area contributed by atoms with Crippen LogP contribution in [0.5, 0.6) is 5.75 Å². The van der Waals surface area contributed by atoms with Gasteiger partial charge in [-0.25, -0.2) is 4.68 Å². The molecule has 1 unspecified atom stereocenters. The molecule has 4 aromatic rings. The third-order valence-electron chi connectivity index (χ3n) is 5.72. The molecule has 1 aromatic heterocycles. The zero-order chi connectivity index (χ0) is 24.9. The predicted molar refractivity (Wildman–Crippen MR) is 140 cm³/mol. The van der Waals surface area contributed by atoms with Gasteiger partial charge in [0.1, 0.15) is 5.75 Å². The van der Waals surface area contributed by atoms with Crippen molar-refractivity contribution < 1.29 is 14.3 Å². The summed E-state index contributed by atoms with van der Waals surface area (Å²) in [5, 5.41) is 5.82. The highest BCUT2D eigenvalue weighted by Gasteiger charge is 2.25. The van der Waals surface area contributed by atoms with Crippen LogP contribution in [0.15, 0.2) is 72.8 Å². The number of ether oxygens (including phenoxy) is 2. The summed E-state index contributed by atoms with van der Waals surface area (Å²) < 4.78 is 12.6. The Kier molecular flexibility index (Phi) is 7.79. The maximum absolute atomic E-state index is 12.9. The molecule has 0 aliphatic heterocycles. The molecule has 0 amide bonds. The lowest BCUT2D eigenvalue weighted by atomic mass is 9.93. The minimum Gasteiger partial charge on any atom is -0.497 e. The molecule has 1 heterocycles. The third kappa shape index (κ3) is 5.69. The fourth-order valence-electron chi connectivity index (χ4n) is 3.99. The van der Waals surface area contributed by atoms with Crippen molar-refractivity contribution in [3.8, 4) is 22.7 Å². The summed E-state index contributed by atoms with van der Waals surface area (Å²) in [5.74, 6) is 0.00273. The van der Waals surface area contributed by atoms with E-state index in [0.717, 1.165) is 39.5 Å². The van der Waals surface area contributed by atoms with Gasteiger partial charge in [0.15, 0.2) is 0 Å². The van der Waals surface area contributed by atoms with Gasteiger partial charge < -0.3 is 9.47 Å². The average Bonchev–Trinajstić information content (AvgIpc) is 3.28. The second-order valence-electron chi connectivity index (χ2n) is 8.18. The summed E-state index contributed by atoms with van der Waals surface area (Å²) >= 11 is 12.5. The van der Waals surface area contributed by atoms with Gasteiger partial charge >= 0.3 is 5.97 Å². The van der Waals surface area contributed by atoms with Crippen molar-refractivity contribution in [2.75, 3.05) is 13.7 Å². The quantitative estimate of drug-likeness (QED) is 0.239. The Labute approximate surface area is 215 Å². The molecule has 0 N–H and O–H groups in total. The van der Waals surface area contributed by atoms with Gasteiger partial charge in [-0.3, -0.25) is 4.79 Å². The first kappa shape index (κ1) is 24.8. The molecule has 0 aliphatic rings. The molecule has 0 radical (unpaired) electrons. The maximum atomic E-state index is 12.9. The zero-order valence-corrected chi connectivity index (χ0v) is 21.3. The Morgan fingerprint density at radius 3 is 2.43 bits per heavy atom. The van der Waals surface area contributed by atoms with Crippen LogP contribution in [-0.4, -0.2) is 29.5 Å². The summed E-state index contributed by atoms with van der Waals surface area (Å²) in [6.45, 7) is 4.13. The number of benzene rings is 3. The maximum Gasteiger partial charge on any atom is 0.313 e. The number of carbonyl (C=O) groups excluding carboxylic acids is 1. The van der Waals surface area contributed by atoms with Crippen LogP contribution >= 0.6 is 23.2 Å². The molecule has 0 fully saturated rings. The van der Waals surface area contributed by atoms with Crippen molar-refractivity contribution in [2.45, 2.75) is 26.2 Å². The van der Waals surface area contributed by atoms with E-state index in [1.54, 1.807) is 13.2 Å². The van der Waals surface area contributed by atoms with Crippen LogP contribution in [0.2, 0.25) is 10.0 Å². The van der Waals surface area contributed by atoms with E-state index in [9.17, 15) is 4.79 Å². The summed E-state index contributed by atoms with van der Waals surface area (Å²) in [6, 6.07) is 23.0. The van der Waals surface area contributed by atoms with Crippen LogP contribution in [0.25, 0.3) is 16.9 Å². The van der Waals surface area contributed by atoms with E-state index in [0.29, 0.717) is 23.1 Å². The molecule has 0 bridgehead atoms. The normalized spacial score (nSPS) is 11.8. The number of rotatable bonds is 8. The number of halogens is 2. The van der Waals surface area contributed by atoms with Gasteiger partial charge in [0, 0.05) is 12.0 Å². The Morgan fingerprint density at radius 2 is 1.77 bits per heavy atom. The van der Waals surface area contributed by atoms with Gasteiger partial charge in [0.2, 0.25) is 0 Å². The van der Waals surface area contributed by atoms with Gasteiger partial charge in [-0.2, -0.15) is 5.10 Å². The second kappa shape index (κ2) is 11.0. The molecule has 5 nitrogen and oxygen atoms in total. The summed E-state index contributed by atoms with van der Waals surface area (Å²) in [4.78, 5) is 12.9. The molecule has 4 rings (SSSR count). The highest BCUT2D eigenvalue weighted by Crippen LogP contribution is 2.32. The SMILES string of the molecule is CCOC(=O)C(Cc1cc(-c2ccc(Cl)c(Cl)c2)n(-c2ccc(OC)cc2)n1)c1cccc(C)c1. The van der Waals surface area contributed by atoms with Crippen molar-refractivity contribution in [3.05, 3.63) is 99.7 Å². The largest absolute Gasteiger partial charge is 0.497 e. The zero-order valence-electron chi connectivity index (χ0n) is 19.8. The van der Waals surface area contributed by atoms with Crippen LogP contribution in [0, 0.1) is 6.92 Å². The summed E-state index contributed by atoms with van der Waals surface area (Å²) in [5.41, 5.74) is 5.27. The monoisotopic (exact) mass is 508 g/mol. The van der Waals surface area contributed by atoms with E-state index >= 15 is 0 Å². The molecule has 3 aromatic carbocycles. The van der Waals surface area contributed by atoms with E-state index in [1.165, 1.54) is 0 Å². The fraction of sp³-hybridized carbons (Fsp3) is 0.214. The van der Waals surface area contributed by atoms with Gasteiger partial charge in [0.05, 0.1) is 46.8 Å². The van der Waals surface area contributed by atoms with E-state index in [1.807, 2.05) is 85.3 Å². The van der Waals surface area contributed by atoms with Gasteiger partial charge in [-0.15, -0.1) is 0 Å². The molecule has 1 atom stereocenters. The first-order valence-electron chi connectivity index (χ1n) is 11.3. The van der Waals surface area contributed by atoms with E-state index in [4.69, 9.17) is 37.8 Å². The minimum absolute atomic E-state index is 0.270. The molecule has 35 heavy (non-hydrogen) atoms. The number of nitrogens with zero attached hydrogens (tertiary/aromatic N) is 2. The molecule has 0 saturated heterocycles. The van der Waals surface area contributed by atoms with Crippen molar-refractivity contribution in [1.29, 1.82) is 0 Å². The number of aromatic nitrogens is 2. The Bertz CT molecular complexity index is 1330. The second-order valence-corrected chi connectivity index (χ2v) is 9.00.